The quantitative estimate of drug-likeness (QED) is 0.399. The van der Waals surface area contributed by atoms with Crippen molar-refractivity contribution in [2.45, 2.75) is 59.1 Å². The molecule has 8 nitrogen and oxygen atoms in total. The second-order valence-electron chi connectivity index (χ2n) is 10.6. The molecule has 1 unspecified atom stereocenters. The summed E-state index contributed by atoms with van der Waals surface area (Å²) in [6, 6.07) is 6.55. The van der Waals surface area contributed by atoms with Gasteiger partial charge in [-0.2, -0.15) is 0 Å². The molecule has 0 radical (unpaired) electrons. The van der Waals surface area contributed by atoms with E-state index in [0.717, 1.165) is 0 Å². The molecule has 0 spiro atoms. The number of hydrogen-bond acceptors (Lipinski definition) is 6. The molecule has 3 rings (SSSR count). The SMILES string of the molecule is COc1cn(C(CCOC(C)(C)C)(C(=O)O)C(C)(C)C)c(=O)cc1-c1cc(Cl)ccc1-c1cnco1. The predicted molar refractivity (Wildman–Crippen MR) is 139 cm³/mol. The van der Waals surface area contributed by atoms with Gasteiger partial charge in [-0.15, -0.1) is 0 Å². The maximum atomic E-state index is 13.7. The summed E-state index contributed by atoms with van der Waals surface area (Å²) in [5, 5.41) is 11.0. The highest BCUT2D eigenvalue weighted by Gasteiger charge is 2.51. The Morgan fingerprint density at radius 2 is 1.81 bits per heavy atom. The average Bonchev–Trinajstić information content (AvgIpc) is 3.29. The Hall–Kier alpha value is -3.10. The Morgan fingerprint density at radius 3 is 2.33 bits per heavy atom. The smallest absolute Gasteiger partial charge is 0.330 e. The minimum absolute atomic E-state index is 0.0754. The number of benzene rings is 1. The molecular weight excluding hydrogens is 484 g/mol. The van der Waals surface area contributed by atoms with Crippen molar-refractivity contribution in [3.8, 4) is 28.2 Å². The van der Waals surface area contributed by atoms with Crippen molar-refractivity contribution in [3.63, 3.8) is 0 Å². The van der Waals surface area contributed by atoms with Crippen LogP contribution < -0.4 is 10.3 Å². The summed E-state index contributed by atoms with van der Waals surface area (Å²) in [6.45, 7) is 11.2. The van der Waals surface area contributed by atoms with Gasteiger partial charge in [0.25, 0.3) is 5.56 Å². The molecule has 0 saturated heterocycles. The predicted octanol–water partition coefficient (Wildman–Crippen LogP) is 5.86. The van der Waals surface area contributed by atoms with E-state index in [1.54, 1.807) is 45.2 Å². The van der Waals surface area contributed by atoms with Crippen LogP contribution in [0.25, 0.3) is 22.5 Å². The number of carboxylic acid groups (broad SMARTS) is 1. The summed E-state index contributed by atoms with van der Waals surface area (Å²) >= 11 is 6.30. The molecule has 1 aromatic carbocycles. The number of pyridine rings is 1. The first-order chi connectivity index (χ1) is 16.7. The number of aliphatic carboxylic acids is 1. The van der Waals surface area contributed by atoms with Crippen LogP contribution in [0.5, 0.6) is 5.75 Å². The average molecular weight is 517 g/mol. The number of ether oxygens (including phenoxy) is 2. The standard InChI is InChI=1S/C27H33ClN2O6/c1-25(2,3)27(24(32)33,10-11-36-26(4,5)6)30-15-22(34-7)20(13-23(30)31)19-12-17(28)8-9-18(19)21-14-29-16-35-21/h8-9,12-16H,10-11H2,1-7H3,(H,32,33). The van der Waals surface area contributed by atoms with Crippen molar-refractivity contribution in [1.29, 1.82) is 0 Å². The lowest BCUT2D eigenvalue weighted by Gasteiger charge is -2.43. The van der Waals surface area contributed by atoms with E-state index >= 15 is 0 Å². The van der Waals surface area contributed by atoms with E-state index in [1.807, 2.05) is 20.8 Å². The van der Waals surface area contributed by atoms with Crippen LogP contribution in [0.1, 0.15) is 48.0 Å². The largest absolute Gasteiger partial charge is 0.495 e. The molecular formula is C27H33ClN2O6. The Balaban J connectivity index is 2.25. The molecule has 2 heterocycles. The molecule has 1 N–H and O–H groups in total. The van der Waals surface area contributed by atoms with Gasteiger partial charge in [0, 0.05) is 28.6 Å². The summed E-state index contributed by atoms with van der Waals surface area (Å²) in [5.74, 6) is -0.333. The molecule has 194 valence electrons. The number of nitrogens with zero attached hydrogens (tertiary/aromatic N) is 2. The number of halogens is 1. The van der Waals surface area contributed by atoms with Gasteiger partial charge in [-0.05, 0) is 49.9 Å². The topological polar surface area (TPSA) is 104 Å². The van der Waals surface area contributed by atoms with Crippen molar-refractivity contribution in [3.05, 3.63) is 58.4 Å². The highest BCUT2D eigenvalue weighted by Crippen LogP contribution is 2.43. The Morgan fingerprint density at radius 1 is 1.11 bits per heavy atom. The molecule has 0 fully saturated rings. The molecule has 3 aromatic rings. The first kappa shape index (κ1) is 27.5. The first-order valence-electron chi connectivity index (χ1n) is 11.6. The van der Waals surface area contributed by atoms with E-state index in [0.29, 0.717) is 33.2 Å². The van der Waals surface area contributed by atoms with Gasteiger partial charge < -0.3 is 19.0 Å². The van der Waals surface area contributed by atoms with Gasteiger partial charge in [0.1, 0.15) is 5.75 Å². The number of oxazole rings is 1. The zero-order valence-corrected chi connectivity index (χ0v) is 22.5. The van der Waals surface area contributed by atoms with Crippen LogP contribution in [-0.2, 0) is 15.1 Å². The van der Waals surface area contributed by atoms with Gasteiger partial charge in [-0.3, -0.25) is 9.36 Å². The maximum absolute atomic E-state index is 13.7. The Kier molecular flexibility index (Phi) is 7.72. The Labute approximate surface area is 215 Å². The van der Waals surface area contributed by atoms with Crippen LogP contribution in [0.3, 0.4) is 0 Å². The van der Waals surface area contributed by atoms with Gasteiger partial charge >= 0.3 is 5.97 Å². The highest BCUT2D eigenvalue weighted by atomic mass is 35.5. The maximum Gasteiger partial charge on any atom is 0.330 e. The fourth-order valence-electron chi connectivity index (χ4n) is 4.38. The van der Waals surface area contributed by atoms with E-state index in [9.17, 15) is 14.7 Å². The van der Waals surface area contributed by atoms with Crippen molar-refractivity contribution < 1.29 is 23.8 Å². The van der Waals surface area contributed by atoms with Gasteiger partial charge in [-0.25, -0.2) is 9.78 Å². The molecule has 0 aliphatic heterocycles. The molecule has 0 aliphatic rings. The van der Waals surface area contributed by atoms with Crippen LogP contribution in [0.2, 0.25) is 5.02 Å². The lowest BCUT2D eigenvalue weighted by Crippen LogP contribution is -2.56. The van der Waals surface area contributed by atoms with E-state index in [4.69, 9.17) is 25.5 Å². The third-order valence-corrected chi connectivity index (χ3v) is 6.45. The molecule has 2 aromatic heterocycles. The number of carboxylic acids is 1. The van der Waals surface area contributed by atoms with Crippen molar-refractivity contribution >= 4 is 17.6 Å². The third-order valence-electron chi connectivity index (χ3n) is 6.21. The molecule has 1 atom stereocenters. The lowest BCUT2D eigenvalue weighted by atomic mass is 9.71. The van der Waals surface area contributed by atoms with Crippen LogP contribution in [-0.4, -0.2) is 39.9 Å². The summed E-state index contributed by atoms with van der Waals surface area (Å²) in [4.78, 5) is 30.5. The van der Waals surface area contributed by atoms with Crippen molar-refractivity contribution in [2.24, 2.45) is 5.41 Å². The molecule has 36 heavy (non-hydrogen) atoms. The number of rotatable bonds is 8. The van der Waals surface area contributed by atoms with Crippen molar-refractivity contribution in [2.75, 3.05) is 13.7 Å². The number of carbonyl (C=O) groups is 1. The van der Waals surface area contributed by atoms with Crippen molar-refractivity contribution in [1.82, 2.24) is 9.55 Å². The summed E-state index contributed by atoms with van der Waals surface area (Å²) in [5.41, 5.74) is -1.72. The monoisotopic (exact) mass is 516 g/mol. The summed E-state index contributed by atoms with van der Waals surface area (Å²) in [6.07, 6.45) is 4.41. The fourth-order valence-corrected chi connectivity index (χ4v) is 4.55. The molecule has 0 amide bonds. The second-order valence-corrected chi connectivity index (χ2v) is 11.1. The van der Waals surface area contributed by atoms with E-state index < -0.39 is 28.1 Å². The zero-order valence-electron chi connectivity index (χ0n) is 21.7. The van der Waals surface area contributed by atoms with Crippen LogP contribution in [0.4, 0.5) is 0 Å². The molecule has 0 saturated carbocycles. The number of aromatic nitrogens is 2. The molecule has 0 aliphatic carbocycles. The lowest BCUT2D eigenvalue weighted by molar-refractivity contribution is -0.157. The van der Waals surface area contributed by atoms with Gasteiger partial charge in [0.15, 0.2) is 17.7 Å². The normalized spacial score (nSPS) is 13.9. The summed E-state index contributed by atoms with van der Waals surface area (Å²) < 4.78 is 18.3. The third kappa shape index (κ3) is 5.34. The fraction of sp³-hybridized carbons (Fsp3) is 0.444. The number of methoxy groups -OCH3 is 1. The Bertz CT molecular complexity index is 1290. The first-order valence-corrected chi connectivity index (χ1v) is 12.0. The minimum atomic E-state index is -1.61. The van der Waals surface area contributed by atoms with E-state index in [-0.39, 0.29) is 13.0 Å². The molecule has 0 bridgehead atoms. The van der Waals surface area contributed by atoms with Gasteiger partial charge in [0.05, 0.1) is 31.7 Å². The van der Waals surface area contributed by atoms with Gasteiger partial charge in [0.2, 0.25) is 0 Å². The zero-order chi connectivity index (χ0) is 26.9. The highest BCUT2D eigenvalue weighted by molar-refractivity contribution is 6.31. The van der Waals surface area contributed by atoms with E-state index in [1.165, 1.54) is 30.3 Å². The molecule has 9 heteroatoms. The minimum Gasteiger partial charge on any atom is -0.495 e. The van der Waals surface area contributed by atoms with E-state index in [2.05, 4.69) is 4.98 Å². The van der Waals surface area contributed by atoms with Crippen LogP contribution in [0.15, 0.2) is 52.3 Å². The second kappa shape index (κ2) is 10.1. The number of hydrogen-bond donors (Lipinski definition) is 1. The van der Waals surface area contributed by atoms with Gasteiger partial charge in [-0.1, -0.05) is 32.4 Å². The van der Waals surface area contributed by atoms with Crippen LogP contribution in [0, 0.1) is 5.41 Å². The summed E-state index contributed by atoms with van der Waals surface area (Å²) in [7, 11) is 1.47. The van der Waals surface area contributed by atoms with Crippen LogP contribution >= 0.6 is 11.6 Å².